The van der Waals surface area contributed by atoms with Gasteiger partial charge in [-0.1, -0.05) is 48.5 Å². The van der Waals surface area contributed by atoms with Gasteiger partial charge in [0.05, 0.1) is 6.20 Å². The van der Waals surface area contributed by atoms with Gasteiger partial charge in [-0.3, -0.25) is 9.59 Å². The van der Waals surface area contributed by atoms with Crippen molar-refractivity contribution in [1.29, 1.82) is 0 Å². The highest BCUT2D eigenvalue weighted by Crippen LogP contribution is 2.29. The van der Waals surface area contributed by atoms with Crippen LogP contribution in [0.4, 0.5) is 11.4 Å². The molecule has 0 radical (unpaired) electrons. The van der Waals surface area contributed by atoms with Crippen LogP contribution in [0.25, 0.3) is 11.3 Å². The van der Waals surface area contributed by atoms with Crippen LogP contribution in [0.15, 0.2) is 89.5 Å². The van der Waals surface area contributed by atoms with Crippen LogP contribution in [0.1, 0.15) is 28.2 Å². The molecule has 3 aromatic carbocycles. The molecule has 1 aliphatic heterocycles. The van der Waals surface area contributed by atoms with Crippen LogP contribution in [0.5, 0.6) is 0 Å². The third-order valence-electron chi connectivity index (χ3n) is 5.73. The molecule has 5 rings (SSSR count). The smallest absolute Gasteiger partial charge is 0.258 e. The van der Waals surface area contributed by atoms with Crippen molar-refractivity contribution in [2.75, 3.05) is 16.8 Å². The fraction of sp³-hybridized carbons (Fsp3) is 0.148. The van der Waals surface area contributed by atoms with Gasteiger partial charge in [0.1, 0.15) is 0 Å². The zero-order chi connectivity index (χ0) is 22.6. The fourth-order valence-corrected chi connectivity index (χ4v) is 4.01. The summed E-state index contributed by atoms with van der Waals surface area (Å²) in [5, 5.41) is 2.87. The van der Waals surface area contributed by atoms with E-state index in [0.29, 0.717) is 35.9 Å². The molecule has 6 nitrogen and oxygen atoms in total. The summed E-state index contributed by atoms with van der Waals surface area (Å²) in [5.74, 6) is 1.04. The average molecular weight is 437 g/mol. The first-order chi connectivity index (χ1) is 16.2. The van der Waals surface area contributed by atoms with Crippen LogP contribution >= 0.6 is 0 Å². The van der Waals surface area contributed by atoms with Gasteiger partial charge >= 0.3 is 0 Å². The maximum Gasteiger partial charge on any atom is 0.258 e. The van der Waals surface area contributed by atoms with E-state index in [1.807, 2.05) is 53.4 Å². The molecule has 164 valence electrons. The molecule has 4 aromatic rings. The number of aromatic nitrogens is 1. The Balaban J connectivity index is 1.16. The van der Waals surface area contributed by atoms with Crippen LogP contribution in [0, 0.1) is 0 Å². The van der Waals surface area contributed by atoms with Gasteiger partial charge in [0.25, 0.3) is 5.91 Å². The van der Waals surface area contributed by atoms with Gasteiger partial charge in [0, 0.05) is 41.9 Å². The number of carbonyl (C=O) groups excluding carboxylic acids is 2. The molecule has 1 N–H and O–H groups in total. The van der Waals surface area contributed by atoms with Crippen LogP contribution in [-0.4, -0.2) is 23.3 Å². The van der Waals surface area contributed by atoms with Crippen LogP contribution in [0.3, 0.4) is 0 Å². The summed E-state index contributed by atoms with van der Waals surface area (Å²) in [5.41, 5.74) is 4.36. The maximum absolute atomic E-state index is 12.9. The minimum absolute atomic E-state index is 0.0315. The molecule has 0 saturated carbocycles. The lowest BCUT2D eigenvalue weighted by atomic mass is 10.1. The van der Waals surface area contributed by atoms with Gasteiger partial charge in [-0.2, -0.15) is 0 Å². The van der Waals surface area contributed by atoms with Crippen molar-refractivity contribution < 1.29 is 14.0 Å². The first-order valence-corrected chi connectivity index (χ1v) is 11.0. The Hall–Kier alpha value is -4.19. The second-order valence-electron chi connectivity index (χ2n) is 7.95. The highest BCUT2D eigenvalue weighted by molar-refractivity contribution is 6.07. The third kappa shape index (κ3) is 4.55. The van der Waals surface area contributed by atoms with Gasteiger partial charge < -0.3 is 14.6 Å². The molecule has 1 aromatic heterocycles. The number of hydrogen-bond acceptors (Lipinski definition) is 4. The molecule has 0 aliphatic carbocycles. The monoisotopic (exact) mass is 437 g/mol. The van der Waals surface area contributed by atoms with Crippen molar-refractivity contribution in [2.24, 2.45) is 0 Å². The van der Waals surface area contributed by atoms with Crippen molar-refractivity contribution in [3.8, 4) is 11.3 Å². The number of aryl methyl sites for hydroxylation is 1. The molecule has 2 heterocycles. The average Bonchev–Trinajstić information content (AvgIpc) is 3.51. The number of amides is 2. The molecule has 6 heteroatoms. The summed E-state index contributed by atoms with van der Waals surface area (Å²) in [6, 6.07) is 24.7. The minimum atomic E-state index is -0.137. The largest absolute Gasteiger partial charge is 0.441 e. The molecule has 1 aliphatic rings. The number of nitrogens with zero attached hydrogens (tertiary/aromatic N) is 2. The Morgan fingerprint density at radius 2 is 1.70 bits per heavy atom. The van der Waals surface area contributed by atoms with Gasteiger partial charge in [-0.15, -0.1) is 0 Å². The number of benzene rings is 3. The predicted molar refractivity (Wildman–Crippen MR) is 127 cm³/mol. The Kier molecular flexibility index (Phi) is 5.72. The van der Waals surface area contributed by atoms with E-state index in [-0.39, 0.29) is 18.2 Å². The lowest BCUT2D eigenvalue weighted by Gasteiger charge is -2.17. The van der Waals surface area contributed by atoms with Crippen molar-refractivity contribution in [2.45, 2.75) is 19.3 Å². The predicted octanol–water partition coefficient (Wildman–Crippen LogP) is 5.12. The Morgan fingerprint density at radius 3 is 2.52 bits per heavy atom. The Morgan fingerprint density at radius 1 is 0.939 bits per heavy atom. The van der Waals surface area contributed by atoms with Gasteiger partial charge in [0.15, 0.2) is 11.7 Å². The fourth-order valence-electron chi connectivity index (χ4n) is 4.01. The molecule has 0 unspecified atom stereocenters. The number of carbonyl (C=O) groups is 2. The highest BCUT2D eigenvalue weighted by atomic mass is 16.4. The van der Waals surface area contributed by atoms with Gasteiger partial charge in [-0.05, 0) is 42.3 Å². The topological polar surface area (TPSA) is 75.4 Å². The Labute approximate surface area is 191 Å². The summed E-state index contributed by atoms with van der Waals surface area (Å²) in [6.07, 6.45) is 3.20. The normalized spacial score (nSPS) is 12.4. The summed E-state index contributed by atoms with van der Waals surface area (Å²) >= 11 is 0. The van der Waals surface area contributed by atoms with E-state index < -0.39 is 0 Å². The number of anilines is 2. The molecular weight excluding hydrogens is 414 g/mol. The number of oxazole rings is 1. The minimum Gasteiger partial charge on any atom is -0.441 e. The molecule has 0 saturated heterocycles. The molecular formula is C27H23N3O3. The number of fused-ring (bicyclic) bond motifs is 1. The number of nitrogens with one attached hydrogen (secondary N) is 1. The molecule has 0 bridgehead atoms. The van der Waals surface area contributed by atoms with E-state index in [9.17, 15) is 9.59 Å². The highest BCUT2D eigenvalue weighted by Gasteiger charge is 2.25. The first-order valence-electron chi connectivity index (χ1n) is 11.0. The summed E-state index contributed by atoms with van der Waals surface area (Å²) in [6.45, 7) is 0.684. The van der Waals surface area contributed by atoms with Crippen molar-refractivity contribution in [1.82, 2.24) is 4.98 Å². The number of hydrogen-bond donors (Lipinski definition) is 1. The van der Waals surface area contributed by atoms with E-state index in [1.165, 1.54) is 5.56 Å². The summed E-state index contributed by atoms with van der Waals surface area (Å²) in [4.78, 5) is 31.4. The standard InChI is InChI=1S/C27H23N3O3/c31-25(14-15-26-28-18-24(33-26)20-7-2-1-3-8-20)29-22-12-10-21(11-13-22)27(32)30-17-16-19-6-4-5-9-23(19)30/h1-13,18H,14-17H2,(H,29,31). The molecule has 2 amide bonds. The van der Waals surface area contributed by atoms with Gasteiger partial charge in [0.2, 0.25) is 5.91 Å². The first kappa shape index (κ1) is 20.7. The second kappa shape index (κ2) is 9.12. The molecule has 33 heavy (non-hydrogen) atoms. The summed E-state index contributed by atoms with van der Waals surface area (Å²) in [7, 11) is 0. The van der Waals surface area contributed by atoms with Crippen molar-refractivity contribution >= 4 is 23.2 Å². The van der Waals surface area contributed by atoms with E-state index in [1.54, 1.807) is 30.5 Å². The molecule has 0 atom stereocenters. The zero-order valence-electron chi connectivity index (χ0n) is 18.0. The number of rotatable bonds is 6. The quantitative estimate of drug-likeness (QED) is 0.455. The molecule has 0 fully saturated rings. The molecule has 0 spiro atoms. The lowest BCUT2D eigenvalue weighted by Crippen LogP contribution is -2.28. The van der Waals surface area contributed by atoms with E-state index in [0.717, 1.165) is 17.7 Å². The summed E-state index contributed by atoms with van der Waals surface area (Å²) < 4.78 is 5.75. The van der Waals surface area contributed by atoms with E-state index in [2.05, 4.69) is 16.4 Å². The lowest BCUT2D eigenvalue weighted by molar-refractivity contribution is -0.116. The van der Waals surface area contributed by atoms with Crippen LogP contribution in [-0.2, 0) is 17.6 Å². The Bertz CT molecular complexity index is 1280. The zero-order valence-corrected chi connectivity index (χ0v) is 18.0. The SMILES string of the molecule is O=C(CCc1ncc(-c2ccccc2)o1)Nc1ccc(C(=O)N2CCc3ccccc32)cc1. The maximum atomic E-state index is 12.9. The van der Waals surface area contributed by atoms with Crippen molar-refractivity contribution in [3.05, 3.63) is 102 Å². The second-order valence-corrected chi connectivity index (χ2v) is 7.95. The van der Waals surface area contributed by atoms with Crippen LogP contribution < -0.4 is 10.2 Å². The van der Waals surface area contributed by atoms with Crippen LogP contribution in [0.2, 0.25) is 0 Å². The van der Waals surface area contributed by atoms with Crippen molar-refractivity contribution in [3.63, 3.8) is 0 Å². The van der Waals surface area contributed by atoms with E-state index >= 15 is 0 Å². The number of para-hydroxylation sites is 1. The van der Waals surface area contributed by atoms with E-state index in [4.69, 9.17) is 4.42 Å². The van der Waals surface area contributed by atoms with Gasteiger partial charge in [-0.25, -0.2) is 4.98 Å². The third-order valence-corrected chi connectivity index (χ3v) is 5.73.